The number of aromatic hydroxyl groups is 1. The van der Waals surface area contributed by atoms with Gasteiger partial charge in [0.1, 0.15) is 17.2 Å². The van der Waals surface area contributed by atoms with Crippen LogP contribution in [-0.4, -0.2) is 24.0 Å². The van der Waals surface area contributed by atoms with E-state index in [1.54, 1.807) is 36.9 Å². The van der Waals surface area contributed by atoms with Crippen LogP contribution in [0.3, 0.4) is 0 Å². The van der Waals surface area contributed by atoms with Crippen LogP contribution in [0.15, 0.2) is 88.5 Å². The van der Waals surface area contributed by atoms with Crippen LogP contribution in [0.1, 0.15) is 16.8 Å². The molecule has 1 aliphatic heterocycles. The lowest BCUT2D eigenvalue weighted by Gasteiger charge is -2.21. The SMILES string of the molecule is Cc1c(-n2c(-c3ccccc3O)nc3c(c2=O)Cc2ccccc2O3)c(=O)n(-c2ccccc2)n1C. The standard InChI is InChI=1S/C28H22N4O4/c1-17-24(28(35)32(30(17)2)19-11-4-3-5-12-19)31-25(20-13-7-8-14-22(20)33)29-26-21(27(31)34)16-18-10-6-9-15-23(18)36-26/h3-15,33H,16H2,1-2H3. The quantitative estimate of drug-likeness (QED) is 0.414. The van der Waals surface area contributed by atoms with Crippen LogP contribution in [0.4, 0.5) is 0 Å². The fourth-order valence-corrected chi connectivity index (χ4v) is 4.68. The van der Waals surface area contributed by atoms with E-state index in [2.05, 4.69) is 0 Å². The lowest BCUT2D eigenvalue weighted by molar-refractivity contribution is 0.436. The van der Waals surface area contributed by atoms with Gasteiger partial charge in [0.15, 0.2) is 5.82 Å². The summed E-state index contributed by atoms with van der Waals surface area (Å²) in [6, 6.07) is 23.3. The highest BCUT2D eigenvalue weighted by Gasteiger charge is 2.29. The molecule has 0 saturated heterocycles. The first-order chi connectivity index (χ1) is 17.5. The Balaban J connectivity index is 1.69. The van der Waals surface area contributed by atoms with Crippen molar-refractivity contribution < 1.29 is 9.84 Å². The minimum absolute atomic E-state index is 0.0636. The fourth-order valence-electron chi connectivity index (χ4n) is 4.68. The van der Waals surface area contributed by atoms with Crippen LogP contribution in [-0.2, 0) is 13.5 Å². The molecular formula is C28H22N4O4. The Kier molecular flexibility index (Phi) is 4.89. The lowest BCUT2D eigenvalue weighted by atomic mass is 10.0. The molecule has 36 heavy (non-hydrogen) atoms. The topological polar surface area (TPSA) is 91.3 Å². The van der Waals surface area contributed by atoms with E-state index in [0.717, 1.165) is 5.56 Å². The molecule has 0 unspecified atom stereocenters. The number of rotatable bonds is 3. The first kappa shape index (κ1) is 21.7. The normalized spacial score (nSPS) is 12.1. The van der Waals surface area contributed by atoms with Gasteiger partial charge in [-0.3, -0.25) is 18.8 Å². The summed E-state index contributed by atoms with van der Waals surface area (Å²) in [6.07, 6.45) is 0.317. The molecule has 8 nitrogen and oxygen atoms in total. The molecule has 5 aromatic rings. The van der Waals surface area contributed by atoms with Gasteiger partial charge in [0.2, 0.25) is 5.88 Å². The predicted molar refractivity (Wildman–Crippen MR) is 136 cm³/mol. The zero-order chi connectivity index (χ0) is 25.0. The number of ether oxygens (including phenoxy) is 1. The van der Waals surface area contributed by atoms with Crippen molar-refractivity contribution in [2.45, 2.75) is 13.3 Å². The summed E-state index contributed by atoms with van der Waals surface area (Å²) in [6.45, 7) is 1.78. The van der Waals surface area contributed by atoms with Gasteiger partial charge in [-0.25, -0.2) is 4.68 Å². The average molecular weight is 479 g/mol. The Bertz CT molecular complexity index is 1760. The van der Waals surface area contributed by atoms with Crippen LogP contribution in [0.2, 0.25) is 0 Å². The number of fused-ring (bicyclic) bond motifs is 2. The molecule has 0 saturated carbocycles. The van der Waals surface area contributed by atoms with Crippen molar-refractivity contribution in [3.8, 4) is 40.1 Å². The molecule has 0 amide bonds. The van der Waals surface area contributed by atoms with Crippen molar-refractivity contribution in [2.24, 2.45) is 7.05 Å². The minimum atomic E-state index is -0.418. The lowest BCUT2D eigenvalue weighted by Crippen LogP contribution is -2.31. The largest absolute Gasteiger partial charge is 0.507 e. The Morgan fingerprint density at radius 1 is 0.889 bits per heavy atom. The van der Waals surface area contributed by atoms with Crippen LogP contribution >= 0.6 is 0 Å². The molecule has 0 radical (unpaired) electrons. The highest BCUT2D eigenvalue weighted by molar-refractivity contribution is 5.67. The second-order valence-electron chi connectivity index (χ2n) is 8.67. The van der Waals surface area contributed by atoms with Crippen LogP contribution in [0, 0.1) is 6.92 Å². The van der Waals surface area contributed by atoms with E-state index in [-0.39, 0.29) is 28.7 Å². The second-order valence-corrected chi connectivity index (χ2v) is 8.67. The molecule has 3 aromatic carbocycles. The highest BCUT2D eigenvalue weighted by Crippen LogP contribution is 2.36. The maximum atomic E-state index is 14.1. The third-order valence-electron chi connectivity index (χ3n) is 6.58. The number of para-hydroxylation sites is 3. The van der Waals surface area contributed by atoms with Crippen molar-refractivity contribution in [3.05, 3.63) is 116 Å². The first-order valence-electron chi connectivity index (χ1n) is 11.5. The molecule has 0 bridgehead atoms. The number of phenols is 1. The van der Waals surface area contributed by atoms with Gasteiger partial charge in [-0.05, 0) is 42.8 Å². The third-order valence-corrected chi connectivity index (χ3v) is 6.58. The van der Waals surface area contributed by atoms with Gasteiger partial charge in [0, 0.05) is 13.5 Å². The number of aromatic nitrogens is 4. The van der Waals surface area contributed by atoms with E-state index in [1.807, 2.05) is 54.6 Å². The van der Waals surface area contributed by atoms with Crippen molar-refractivity contribution in [1.29, 1.82) is 0 Å². The molecule has 1 aliphatic rings. The van der Waals surface area contributed by atoms with E-state index in [9.17, 15) is 14.7 Å². The molecule has 0 atom stereocenters. The predicted octanol–water partition coefficient (Wildman–Crippen LogP) is 4.10. The Morgan fingerprint density at radius 3 is 2.36 bits per heavy atom. The third kappa shape index (κ3) is 3.19. The van der Waals surface area contributed by atoms with E-state index in [0.29, 0.717) is 34.7 Å². The summed E-state index contributed by atoms with van der Waals surface area (Å²) < 4.78 is 10.5. The zero-order valence-corrected chi connectivity index (χ0v) is 19.7. The number of phenolic OH excluding ortho intramolecular Hbond substituents is 1. The Hall–Kier alpha value is -4.85. The molecule has 0 spiro atoms. The summed E-state index contributed by atoms with van der Waals surface area (Å²) in [5, 5.41) is 10.7. The summed E-state index contributed by atoms with van der Waals surface area (Å²) in [4.78, 5) is 32.7. The van der Waals surface area contributed by atoms with Gasteiger partial charge in [-0.1, -0.05) is 48.5 Å². The average Bonchev–Trinajstić information content (AvgIpc) is 3.11. The highest BCUT2D eigenvalue weighted by atomic mass is 16.5. The van der Waals surface area contributed by atoms with Gasteiger partial charge in [0.05, 0.1) is 22.5 Å². The monoisotopic (exact) mass is 478 g/mol. The Morgan fingerprint density at radius 2 is 1.58 bits per heavy atom. The Labute approximate surface area is 205 Å². The fraction of sp³-hybridized carbons (Fsp3) is 0.107. The van der Waals surface area contributed by atoms with E-state index in [1.165, 1.54) is 15.3 Å². The van der Waals surface area contributed by atoms with Crippen LogP contribution in [0.25, 0.3) is 22.8 Å². The first-order valence-corrected chi connectivity index (χ1v) is 11.5. The van der Waals surface area contributed by atoms with Crippen molar-refractivity contribution in [3.63, 3.8) is 0 Å². The summed E-state index contributed by atoms with van der Waals surface area (Å²) >= 11 is 0. The van der Waals surface area contributed by atoms with Crippen LogP contribution in [0.5, 0.6) is 17.4 Å². The molecule has 178 valence electrons. The van der Waals surface area contributed by atoms with Gasteiger partial charge < -0.3 is 9.84 Å². The molecule has 8 heteroatoms. The molecule has 0 aliphatic carbocycles. The summed E-state index contributed by atoms with van der Waals surface area (Å²) in [7, 11) is 1.77. The van der Waals surface area contributed by atoms with Crippen molar-refractivity contribution >= 4 is 0 Å². The van der Waals surface area contributed by atoms with Gasteiger partial charge in [0.25, 0.3) is 11.1 Å². The summed E-state index contributed by atoms with van der Waals surface area (Å²) in [5.74, 6) is 0.860. The molecule has 1 N–H and O–H groups in total. The number of hydrogen-bond donors (Lipinski definition) is 1. The second kappa shape index (κ2) is 8.13. The summed E-state index contributed by atoms with van der Waals surface area (Å²) in [5.41, 5.74) is 2.13. The van der Waals surface area contributed by atoms with E-state index in [4.69, 9.17) is 9.72 Å². The number of hydrogen-bond acceptors (Lipinski definition) is 5. The van der Waals surface area contributed by atoms with Gasteiger partial charge in [-0.2, -0.15) is 4.98 Å². The minimum Gasteiger partial charge on any atom is -0.507 e. The van der Waals surface area contributed by atoms with E-state index >= 15 is 0 Å². The molecule has 6 rings (SSSR count). The number of benzene rings is 3. The molecule has 0 fully saturated rings. The number of nitrogens with zero attached hydrogens (tertiary/aromatic N) is 4. The van der Waals surface area contributed by atoms with Crippen molar-refractivity contribution in [1.82, 2.24) is 18.9 Å². The van der Waals surface area contributed by atoms with Gasteiger partial charge >= 0.3 is 0 Å². The van der Waals surface area contributed by atoms with Gasteiger partial charge in [-0.15, -0.1) is 0 Å². The maximum absolute atomic E-state index is 14.1. The molecule has 2 aromatic heterocycles. The van der Waals surface area contributed by atoms with Crippen molar-refractivity contribution in [2.75, 3.05) is 0 Å². The van der Waals surface area contributed by atoms with Crippen LogP contribution < -0.4 is 15.9 Å². The zero-order valence-electron chi connectivity index (χ0n) is 19.7. The molecule has 3 heterocycles. The molecular weight excluding hydrogens is 456 g/mol. The smallest absolute Gasteiger partial charge is 0.296 e. The maximum Gasteiger partial charge on any atom is 0.296 e. The van der Waals surface area contributed by atoms with E-state index < -0.39 is 5.56 Å².